The van der Waals surface area contributed by atoms with E-state index in [1.165, 1.54) is 0 Å². The van der Waals surface area contributed by atoms with Gasteiger partial charge >= 0.3 is 0 Å². The zero-order chi connectivity index (χ0) is 15.0. The molecule has 4 nitrogen and oxygen atoms in total. The number of carbonyl (C=O) groups is 1. The van der Waals surface area contributed by atoms with Crippen LogP contribution in [0.3, 0.4) is 0 Å². The van der Waals surface area contributed by atoms with E-state index in [2.05, 4.69) is 0 Å². The van der Waals surface area contributed by atoms with Crippen LogP contribution in [-0.4, -0.2) is 29.1 Å². The Bertz CT molecular complexity index is 615. The molecule has 1 aliphatic carbocycles. The van der Waals surface area contributed by atoms with Crippen LogP contribution >= 0.6 is 0 Å². The molecule has 1 aromatic heterocycles. The smallest absolute Gasteiger partial charge is 0.228 e. The van der Waals surface area contributed by atoms with Crippen molar-refractivity contribution >= 4 is 16.9 Å². The molecule has 0 aliphatic heterocycles. The highest BCUT2D eigenvalue weighted by Crippen LogP contribution is 2.31. The van der Waals surface area contributed by atoms with Crippen LogP contribution in [0.5, 0.6) is 0 Å². The number of nitrogens with zero attached hydrogens (tertiary/aromatic N) is 1. The Morgan fingerprint density at radius 3 is 2.81 bits per heavy atom. The largest absolute Gasteiger partial charge is 0.459 e. The van der Waals surface area contributed by atoms with Gasteiger partial charge < -0.3 is 14.4 Å². The zero-order valence-electron chi connectivity index (χ0n) is 12.5. The third-order valence-electron chi connectivity index (χ3n) is 4.58. The van der Waals surface area contributed by atoms with E-state index in [-0.39, 0.29) is 17.9 Å². The lowest BCUT2D eigenvalue weighted by molar-refractivity contribution is -0.139. The maximum absolute atomic E-state index is 12.5. The molecule has 1 aliphatic rings. The van der Waals surface area contributed by atoms with Gasteiger partial charge in [-0.15, -0.1) is 0 Å². The van der Waals surface area contributed by atoms with Crippen LogP contribution in [0.25, 0.3) is 11.0 Å². The van der Waals surface area contributed by atoms with E-state index in [0.29, 0.717) is 0 Å². The van der Waals surface area contributed by atoms with Gasteiger partial charge in [0.15, 0.2) is 0 Å². The second-order valence-corrected chi connectivity index (χ2v) is 5.92. The Morgan fingerprint density at radius 1 is 1.38 bits per heavy atom. The summed E-state index contributed by atoms with van der Waals surface area (Å²) in [5.41, 5.74) is 0.834. The van der Waals surface area contributed by atoms with E-state index in [9.17, 15) is 9.90 Å². The molecule has 1 saturated carbocycles. The summed E-state index contributed by atoms with van der Waals surface area (Å²) in [6.45, 7) is 1.96. The monoisotopic (exact) mass is 287 g/mol. The molecule has 0 spiro atoms. The summed E-state index contributed by atoms with van der Waals surface area (Å²) >= 11 is 0. The fraction of sp³-hybridized carbons (Fsp3) is 0.471. The second kappa shape index (κ2) is 5.53. The van der Waals surface area contributed by atoms with Crippen LogP contribution in [0, 0.1) is 5.92 Å². The summed E-state index contributed by atoms with van der Waals surface area (Å²) in [6, 6.07) is 9.67. The number of fused-ring (bicyclic) bond motifs is 1. The highest BCUT2D eigenvalue weighted by atomic mass is 16.3. The first kappa shape index (κ1) is 14.1. The summed E-state index contributed by atoms with van der Waals surface area (Å²) in [6.07, 6.45) is 1.92. The van der Waals surface area contributed by atoms with Crippen LogP contribution in [0.2, 0.25) is 0 Å². The third-order valence-corrected chi connectivity index (χ3v) is 4.58. The Kier molecular flexibility index (Phi) is 3.72. The van der Waals surface area contributed by atoms with Crippen LogP contribution in [0.1, 0.15) is 38.0 Å². The first-order valence-corrected chi connectivity index (χ1v) is 7.51. The van der Waals surface area contributed by atoms with Crippen molar-refractivity contribution in [1.29, 1.82) is 0 Å². The number of furan rings is 1. The van der Waals surface area contributed by atoms with E-state index in [1.807, 2.05) is 37.3 Å². The van der Waals surface area contributed by atoms with Gasteiger partial charge in [0.05, 0.1) is 18.1 Å². The number of hydrogen-bond donors (Lipinski definition) is 1. The molecule has 112 valence electrons. The third kappa shape index (κ3) is 2.56. The Hall–Kier alpha value is -1.81. The van der Waals surface area contributed by atoms with Gasteiger partial charge in [-0.25, -0.2) is 0 Å². The minimum absolute atomic E-state index is 0.00737. The molecular formula is C17H21NO3. The predicted molar refractivity (Wildman–Crippen MR) is 80.7 cm³/mol. The molecule has 3 unspecified atom stereocenters. The van der Waals surface area contributed by atoms with Crippen molar-refractivity contribution in [3.8, 4) is 0 Å². The van der Waals surface area contributed by atoms with E-state index < -0.39 is 6.10 Å². The lowest BCUT2D eigenvalue weighted by Gasteiger charge is -2.27. The number of para-hydroxylation sites is 1. The lowest BCUT2D eigenvalue weighted by Crippen LogP contribution is -2.37. The summed E-state index contributed by atoms with van der Waals surface area (Å²) in [5.74, 6) is 0.523. The molecule has 1 heterocycles. The van der Waals surface area contributed by atoms with Crippen molar-refractivity contribution in [2.75, 3.05) is 7.05 Å². The quantitative estimate of drug-likeness (QED) is 0.943. The average molecular weight is 287 g/mol. The van der Waals surface area contributed by atoms with Gasteiger partial charge in [-0.1, -0.05) is 18.2 Å². The molecule has 0 radical (unpaired) electrons. The fourth-order valence-electron chi connectivity index (χ4n) is 3.08. The Balaban J connectivity index is 1.80. The number of aliphatic hydroxyl groups excluding tert-OH is 1. The molecule has 3 atom stereocenters. The summed E-state index contributed by atoms with van der Waals surface area (Å²) in [4.78, 5) is 14.2. The molecule has 4 heteroatoms. The maximum Gasteiger partial charge on any atom is 0.228 e. The first-order valence-electron chi connectivity index (χ1n) is 7.51. The minimum atomic E-state index is -0.497. The predicted octanol–water partition coefficient (Wildman–Crippen LogP) is 3.11. The first-order chi connectivity index (χ1) is 10.1. The molecule has 1 N–H and O–H groups in total. The van der Waals surface area contributed by atoms with Crippen molar-refractivity contribution in [1.82, 2.24) is 4.90 Å². The van der Waals surface area contributed by atoms with Gasteiger partial charge in [-0.2, -0.15) is 0 Å². The van der Waals surface area contributed by atoms with Gasteiger partial charge in [-0.05, 0) is 38.3 Å². The van der Waals surface area contributed by atoms with Gasteiger partial charge in [0.1, 0.15) is 11.3 Å². The standard InChI is InChI=1S/C17H21NO3/c1-11(16-10-12-6-3-4-9-15(12)21-16)18(2)17(20)13-7-5-8-14(13)19/h3-4,6,9-11,13-14,19H,5,7-8H2,1-2H3. The number of carbonyl (C=O) groups excluding carboxylic acids is 1. The van der Waals surface area contributed by atoms with E-state index in [0.717, 1.165) is 36.0 Å². The molecule has 2 aromatic rings. The number of amides is 1. The zero-order valence-corrected chi connectivity index (χ0v) is 12.5. The van der Waals surface area contributed by atoms with Crippen molar-refractivity contribution in [2.24, 2.45) is 5.92 Å². The van der Waals surface area contributed by atoms with Crippen molar-refractivity contribution in [3.05, 3.63) is 36.1 Å². The minimum Gasteiger partial charge on any atom is -0.459 e. The summed E-state index contributed by atoms with van der Waals surface area (Å²) < 4.78 is 5.83. The number of hydrogen-bond acceptors (Lipinski definition) is 3. The fourth-order valence-corrected chi connectivity index (χ4v) is 3.08. The molecule has 1 aromatic carbocycles. The summed E-state index contributed by atoms with van der Waals surface area (Å²) in [7, 11) is 1.78. The topological polar surface area (TPSA) is 53.7 Å². The molecular weight excluding hydrogens is 266 g/mol. The molecule has 0 bridgehead atoms. The van der Waals surface area contributed by atoms with E-state index in [4.69, 9.17) is 4.42 Å². The van der Waals surface area contributed by atoms with E-state index in [1.54, 1.807) is 11.9 Å². The second-order valence-electron chi connectivity index (χ2n) is 5.92. The van der Waals surface area contributed by atoms with Crippen LogP contribution in [-0.2, 0) is 4.79 Å². The van der Waals surface area contributed by atoms with Crippen molar-refractivity contribution in [2.45, 2.75) is 38.3 Å². The molecule has 1 amide bonds. The number of benzene rings is 1. The van der Waals surface area contributed by atoms with Crippen LogP contribution < -0.4 is 0 Å². The van der Waals surface area contributed by atoms with Gasteiger partial charge in [0.25, 0.3) is 0 Å². The van der Waals surface area contributed by atoms with Crippen molar-refractivity contribution < 1.29 is 14.3 Å². The van der Waals surface area contributed by atoms with Gasteiger partial charge in [0.2, 0.25) is 5.91 Å². The Labute approximate surface area is 124 Å². The molecule has 1 fully saturated rings. The Morgan fingerprint density at radius 2 is 2.14 bits per heavy atom. The van der Waals surface area contributed by atoms with Crippen molar-refractivity contribution in [3.63, 3.8) is 0 Å². The highest BCUT2D eigenvalue weighted by molar-refractivity contribution is 5.81. The lowest BCUT2D eigenvalue weighted by atomic mass is 10.0. The normalized spacial score (nSPS) is 23.4. The highest BCUT2D eigenvalue weighted by Gasteiger charge is 2.35. The molecule has 0 saturated heterocycles. The van der Waals surface area contributed by atoms with E-state index >= 15 is 0 Å². The van der Waals surface area contributed by atoms with Gasteiger partial charge in [0, 0.05) is 12.4 Å². The number of aliphatic hydroxyl groups is 1. The SMILES string of the molecule is CC(c1cc2ccccc2o1)N(C)C(=O)C1CCCC1O. The molecule has 3 rings (SSSR count). The molecule has 21 heavy (non-hydrogen) atoms. The average Bonchev–Trinajstić information content (AvgIpc) is 3.10. The maximum atomic E-state index is 12.5. The summed E-state index contributed by atoms with van der Waals surface area (Å²) in [5, 5.41) is 10.9. The van der Waals surface area contributed by atoms with Crippen LogP contribution in [0.4, 0.5) is 0 Å². The number of rotatable bonds is 3. The van der Waals surface area contributed by atoms with Gasteiger partial charge in [-0.3, -0.25) is 4.79 Å². The van der Waals surface area contributed by atoms with Crippen LogP contribution in [0.15, 0.2) is 34.7 Å².